The lowest BCUT2D eigenvalue weighted by Gasteiger charge is -2.37. The third kappa shape index (κ3) is 3.65. The molecule has 0 saturated carbocycles. The zero-order valence-corrected chi connectivity index (χ0v) is 21.5. The van der Waals surface area contributed by atoms with Crippen molar-refractivity contribution in [1.82, 2.24) is 0 Å². The molecule has 186 valence electrons. The van der Waals surface area contributed by atoms with E-state index in [-0.39, 0.29) is 5.97 Å². The molecule has 1 spiro atoms. The van der Waals surface area contributed by atoms with Crippen LogP contribution in [0, 0.1) is 6.92 Å². The molecule has 37 heavy (non-hydrogen) atoms. The van der Waals surface area contributed by atoms with Gasteiger partial charge in [0.25, 0.3) is 0 Å². The molecule has 4 aromatic rings. The third-order valence-electron chi connectivity index (χ3n) is 7.22. The van der Waals surface area contributed by atoms with Crippen molar-refractivity contribution in [3.63, 3.8) is 0 Å². The van der Waals surface area contributed by atoms with Crippen LogP contribution in [0.4, 0.5) is 17.1 Å². The summed E-state index contributed by atoms with van der Waals surface area (Å²) in [6.07, 6.45) is 3.06. The highest BCUT2D eigenvalue weighted by Crippen LogP contribution is 2.58. The number of aryl methyl sites for hydroxylation is 2. The molecule has 0 fully saturated rings. The molecule has 0 bridgehead atoms. The van der Waals surface area contributed by atoms with Crippen LogP contribution >= 0.6 is 11.6 Å². The van der Waals surface area contributed by atoms with Crippen molar-refractivity contribution < 1.29 is 14.3 Å². The van der Waals surface area contributed by atoms with E-state index in [0.717, 1.165) is 58.6 Å². The molecule has 2 aliphatic rings. The van der Waals surface area contributed by atoms with Crippen molar-refractivity contribution in [3.05, 3.63) is 111 Å². The van der Waals surface area contributed by atoms with Gasteiger partial charge < -0.3 is 20.5 Å². The van der Waals surface area contributed by atoms with Gasteiger partial charge in [0.2, 0.25) is 0 Å². The fourth-order valence-electron chi connectivity index (χ4n) is 5.36. The number of para-hydroxylation sites is 1. The molecule has 0 aliphatic carbocycles. The Morgan fingerprint density at radius 2 is 1.76 bits per heavy atom. The first-order valence-corrected chi connectivity index (χ1v) is 12.9. The van der Waals surface area contributed by atoms with E-state index in [1.165, 1.54) is 0 Å². The summed E-state index contributed by atoms with van der Waals surface area (Å²) in [5, 5.41) is 4.17. The fraction of sp³-hybridized carbons (Fsp3) is 0.194. The van der Waals surface area contributed by atoms with Crippen molar-refractivity contribution in [2.45, 2.75) is 38.7 Å². The highest BCUT2D eigenvalue weighted by molar-refractivity contribution is 6.31. The second kappa shape index (κ2) is 8.86. The Morgan fingerprint density at radius 3 is 2.59 bits per heavy atom. The summed E-state index contributed by atoms with van der Waals surface area (Å²) in [6.45, 7) is 4.11. The van der Waals surface area contributed by atoms with Gasteiger partial charge in [-0.2, -0.15) is 0 Å². The average molecular weight is 511 g/mol. The van der Waals surface area contributed by atoms with Gasteiger partial charge >= 0.3 is 5.97 Å². The molecule has 0 saturated heterocycles. The van der Waals surface area contributed by atoms with Crippen LogP contribution in [-0.2, 0) is 16.8 Å². The van der Waals surface area contributed by atoms with Crippen molar-refractivity contribution in [2.24, 2.45) is 0 Å². The molecular weight excluding hydrogens is 484 g/mol. The molecule has 3 N–H and O–H groups in total. The van der Waals surface area contributed by atoms with Gasteiger partial charge in [0, 0.05) is 33.1 Å². The molecular formula is C31H27ClN2O3. The molecule has 0 radical (unpaired) electrons. The Bertz CT molecular complexity index is 1560. The lowest BCUT2D eigenvalue weighted by molar-refractivity contribution is 0.0224. The number of nitrogens with one attached hydrogen (secondary N) is 1. The van der Waals surface area contributed by atoms with Crippen molar-refractivity contribution in [1.29, 1.82) is 0 Å². The fourth-order valence-corrected chi connectivity index (χ4v) is 5.53. The Hall–Kier alpha value is -3.96. The van der Waals surface area contributed by atoms with Crippen LogP contribution in [0.2, 0.25) is 5.02 Å². The summed E-state index contributed by atoms with van der Waals surface area (Å²) < 4.78 is 12.8. The van der Waals surface area contributed by atoms with E-state index in [0.29, 0.717) is 27.6 Å². The Morgan fingerprint density at radius 1 is 0.946 bits per heavy atom. The lowest BCUT2D eigenvalue weighted by Crippen LogP contribution is -2.33. The first kappa shape index (κ1) is 23.4. The lowest BCUT2D eigenvalue weighted by atomic mass is 9.77. The standard InChI is InChI=1S/C31H27ClN2O3/c1-3-4-8-19-16-20(33)13-14-26(19)34-27-12-7-11-23-29(27)36-28-15-18(2)25(32)17-24(28)31(23)22-10-6-5-9-21(22)30(35)37-31/h5-7,9-17,34H,3-4,8,33H2,1-2H3. The number of esters is 1. The summed E-state index contributed by atoms with van der Waals surface area (Å²) in [5.41, 5.74) is 12.2. The summed E-state index contributed by atoms with van der Waals surface area (Å²) in [5.74, 6) is 0.848. The third-order valence-corrected chi connectivity index (χ3v) is 7.62. The number of unbranched alkanes of at least 4 members (excludes halogenated alkanes) is 1. The summed E-state index contributed by atoms with van der Waals surface area (Å²) in [7, 11) is 0. The molecule has 5 nitrogen and oxygen atoms in total. The van der Waals surface area contributed by atoms with E-state index in [1.54, 1.807) is 6.07 Å². The van der Waals surface area contributed by atoms with E-state index < -0.39 is 5.60 Å². The number of hydrogen-bond donors (Lipinski definition) is 2. The quantitative estimate of drug-likeness (QED) is 0.211. The van der Waals surface area contributed by atoms with Crippen molar-refractivity contribution in [3.8, 4) is 11.5 Å². The van der Waals surface area contributed by atoms with E-state index in [2.05, 4.69) is 12.2 Å². The minimum atomic E-state index is -1.17. The predicted molar refractivity (Wildman–Crippen MR) is 147 cm³/mol. The van der Waals surface area contributed by atoms with E-state index in [4.69, 9.17) is 26.8 Å². The van der Waals surface area contributed by atoms with E-state index >= 15 is 0 Å². The second-order valence-corrected chi connectivity index (χ2v) is 10.1. The van der Waals surface area contributed by atoms with Gasteiger partial charge in [-0.05, 0) is 73.4 Å². The number of hydrogen-bond acceptors (Lipinski definition) is 5. The maximum Gasteiger partial charge on any atom is 0.340 e. The van der Waals surface area contributed by atoms with Gasteiger partial charge in [0.1, 0.15) is 5.75 Å². The molecule has 1 unspecified atom stereocenters. The topological polar surface area (TPSA) is 73.6 Å². The Labute approximate surface area is 221 Å². The highest BCUT2D eigenvalue weighted by Gasteiger charge is 2.54. The number of benzene rings is 4. The van der Waals surface area contributed by atoms with Crippen LogP contribution in [-0.4, -0.2) is 5.97 Å². The molecule has 2 aliphatic heterocycles. The average Bonchev–Trinajstić information content (AvgIpc) is 3.19. The van der Waals surface area contributed by atoms with Gasteiger partial charge in [0.05, 0.1) is 11.3 Å². The number of carbonyl (C=O) groups excluding carboxylic acids is 1. The number of anilines is 3. The van der Waals surface area contributed by atoms with Crippen LogP contribution in [0.15, 0.2) is 72.8 Å². The molecule has 1 atom stereocenters. The minimum absolute atomic E-state index is 0.371. The Balaban J connectivity index is 1.56. The van der Waals surface area contributed by atoms with Gasteiger partial charge in [-0.3, -0.25) is 0 Å². The SMILES string of the molecule is CCCCc1cc(N)ccc1Nc1cccc2c1Oc1cc(C)c(Cl)cc1C21OC(=O)c2ccccc21. The first-order valence-electron chi connectivity index (χ1n) is 12.5. The normalized spacial score (nSPS) is 17.0. The maximum absolute atomic E-state index is 13.1. The number of ether oxygens (including phenoxy) is 2. The molecule has 0 amide bonds. The second-order valence-electron chi connectivity index (χ2n) is 9.64. The Kier molecular flexibility index (Phi) is 5.61. The largest absolute Gasteiger partial charge is 0.454 e. The van der Waals surface area contributed by atoms with Crippen LogP contribution in [0.25, 0.3) is 0 Å². The smallest absolute Gasteiger partial charge is 0.340 e. The van der Waals surface area contributed by atoms with E-state index in [1.807, 2.05) is 73.7 Å². The van der Waals surface area contributed by atoms with Crippen LogP contribution < -0.4 is 15.8 Å². The maximum atomic E-state index is 13.1. The van der Waals surface area contributed by atoms with Crippen LogP contribution in [0.5, 0.6) is 11.5 Å². The zero-order chi connectivity index (χ0) is 25.7. The molecule has 6 rings (SSSR count). The van der Waals surface area contributed by atoms with Crippen LogP contribution in [0.1, 0.15) is 57.9 Å². The number of carbonyl (C=O) groups is 1. The first-order chi connectivity index (χ1) is 17.9. The van der Waals surface area contributed by atoms with Gasteiger partial charge in [-0.15, -0.1) is 0 Å². The molecule has 2 heterocycles. The number of fused-ring (bicyclic) bond motifs is 6. The van der Waals surface area contributed by atoms with Gasteiger partial charge in [-0.1, -0.05) is 55.3 Å². The van der Waals surface area contributed by atoms with E-state index in [9.17, 15) is 4.79 Å². The minimum Gasteiger partial charge on any atom is -0.454 e. The number of rotatable bonds is 5. The zero-order valence-electron chi connectivity index (χ0n) is 20.7. The predicted octanol–water partition coefficient (Wildman–Crippen LogP) is 7.88. The van der Waals surface area contributed by atoms with Crippen LogP contribution in [0.3, 0.4) is 0 Å². The number of nitrogens with two attached hydrogens (primary N) is 1. The highest BCUT2D eigenvalue weighted by atomic mass is 35.5. The molecule has 6 heteroatoms. The summed E-state index contributed by atoms with van der Waals surface area (Å²) in [4.78, 5) is 13.1. The van der Waals surface area contributed by atoms with Crippen molar-refractivity contribution >= 4 is 34.6 Å². The van der Waals surface area contributed by atoms with Crippen molar-refractivity contribution in [2.75, 3.05) is 11.1 Å². The number of nitrogen functional groups attached to an aromatic ring is 1. The summed E-state index contributed by atoms with van der Waals surface area (Å²) >= 11 is 6.59. The molecule has 4 aromatic carbocycles. The summed E-state index contributed by atoms with van der Waals surface area (Å²) in [6, 6.07) is 23.1. The van der Waals surface area contributed by atoms with Gasteiger partial charge in [0.15, 0.2) is 11.4 Å². The monoisotopic (exact) mass is 510 g/mol. The van der Waals surface area contributed by atoms with Gasteiger partial charge in [-0.25, -0.2) is 4.79 Å². The number of halogens is 1. The molecule has 0 aromatic heterocycles.